The van der Waals surface area contributed by atoms with Crippen molar-refractivity contribution in [3.05, 3.63) is 5.82 Å². The Morgan fingerprint density at radius 3 is 2.79 bits per heavy atom. The minimum atomic E-state index is -0.0906. The molecule has 1 saturated carbocycles. The minimum absolute atomic E-state index is 0.0342. The summed E-state index contributed by atoms with van der Waals surface area (Å²) >= 11 is 1.25. The topological polar surface area (TPSA) is 80.9 Å². The molecule has 0 unspecified atom stereocenters. The molecule has 0 aromatic carbocycles. The first-order valence-electron chi connectivity index (χ1n) is 6.77. The molecule has 0 saturated heterocycles. The van der Waals surface area contributed by atoms with Crippen molar-refractivity contribution < 1.29 is 4.79 Å². The van der Waals surface area contributed by atoms with Crippen LogP contribution in [0.2, 0.25) is 0 Å². The second kappa shape index (κ2) is 5.54. The maximum atomic E-state index is 12.2. The van der Waals surface area contributed by atoms with Crippen molar-refractivity contribution in [3.63, 3.8) is 0 Å². The Morgan fingerprint density at radius 2 is 2.21 bits per heavy atom. The molecule has 1 amide bonds. The van der Waals surface area contributed by atoms with Gasteiger partial charge in [-0.15, -0.1) is 0 Å². The predicted molar refractivity (Wildman–Crippen MR) is 77.1 cm³/mol. The second-order valence-electron chi connectivity index (χ2n) is 6.20. The summed E-state index contributed by atoms with van der Waals surface area (Å²) in [7, 11) is 0. The number of amides is 1. The average molecular weight is 282 g/mol. The maximum absolute atomic E-state index is 12.2. The number of nitrogens with one attached hydrogen (secondary N) is 1. The zero-order valence-electron chi connectivity index (χ0n) is 11.8. The Balaban J connectivity index is 2.01. The lowest BCUT2D eigenvalue weighted by molar-refractivity contribution is -0.120. The molecular weight excluding hydrogens is 260 g/mol. The van der Waals surface area contributed by atoms with Gasteiger partial charge in [0.1, 0.15) is 5.82 Å². The van der Waals surface area contributed by atoms with Crippen LogP contribution in [0.5, 0.6) is 0 Å². The molecule has 1 fully saturated rings. The summed E-state index contributed by atoms with van der Waals surface area (Å²) in [6, 6.07) is 0. The number of aromatic nitrogens is 2. The van der Waals surface area contributed by atoms with E-state index in [2.05, 4.69) is 35.4 Å². The fourth-order valence-electron chi connectivity index (χ4n) is 2.44. The molecule has 5 nitrogen and oxygen atoms in total. The summed E-state index contributed by atoms with van der Waals surface area (Å²) in [6.45, 7) is 6.76. The monoisotopic (exact) mass is 282 g/mol. The van der Waals surface area contributed by atoms with E-state index >= 15 is 0 Å². The number of hydrogen-bond donors (Lipinski definition) is 2. The molecule has 19 heavy (non-hydrogen) atoms. The van der Waals surface area contributed by atoms with Gasteiger partial charge in [-0.1, -0.05) is 27.2 Å². The highest BCUT2D eigenvalue weighted by molar-refractivity contribution is 7.09. The van der Waals surface area contributed by atoms with Crippen LogP contribution in [0.3, 0.4) is 0 Å². The van der Waals surface area contributed by atoms with Crippen LogP contribution in [0.1, 0.15) is 45.9 Å². The van der Waals surface area contributed by atoms with Gasteiger partial charge in [0.2, 0.25) is 11.0 Å². The highest BCUT2D eigenvalue weighted by atomic mass is 32.1. The molecule has 2 atom stereocenters. The van der Waals surface area contributed by atoms with Crippen LogP contribution in [0, 0.1) is 11.8 Å². The molecule has 6 heteroatoms. The summed E-state index contributed by atoms with van der Waals surface area (Å²) in [6.07, 6.45) is 3.07. The molecule has 0 bridgehead atoms. The van der Waals surface area contributed by atoms with Gasteiger partial charge in [0, 0.05) is 22.9 Å². The molecule has 1 aromatic heterocycles. The number of nitrogens with two attached hydrogens (primary N) is 1. The Hall–Kier alpha value is -1.01. The zero-order valence-corrected chi connectivity index (χ0v) is 12.6. The average Bonchev–Trinajstić information content (AvgIpc) is 2.95. The normalized spacial score (nSPS) is 23.6. The van der Waals surface area contributed by atoms with Crippen LogP contribution < -0.4 is 11.1 Å². The quantitative estimate of drug-likeness (QED) is 0.890. The van der Waals surface area contributed by atoms with Gasteiger partial charge in [0.15, 0.2) is 0 Å². The van der Waals surface area contributed by atoms with Gasteiger partial charge in [0.05, 0.1) is 0 Å². The van der Waals surface area contributed by atoms with E-state index < -0.39 is 0 Å². The van der Waals surface area contributed by atoms with Gasteiger partial charge in [-0.3, -0.25) is 4.79 Å². The van der Waals surface area contributed by atoms with Crippen LogP contribution in [-0.2, 0) is 10.2 Å². The van der Waals surface area contributed by atoms with E-state index in [1.165, 1.54) is 11.5 Å². The van der Waals surface area contributed by atoms with Gasteiger partial charge >= 0.3 is 0 Å². The maximum Gasteiger partial charge on any atom is 0.229 e. The van der Waals surface area contributed by atoms with E-state index in [-0.39, 0.29) is 17.2 Å². The van der Waals surface area contributed by atoms with Crippen molar-refractivity contribution in [3.8, 4) is 0 Å². The van der Waals surface area contributed by atoms with E-state index in [0.29, 0.717) is 17.6 Å². The molecule has 1 aliphatic carbocycles. The molecule has 1 heterocycles. The van der Waals surface area contributed by atoms with Crippen LogP contribution in [0.25, 0.3) is 0 Å². The summed E-state index contributed by atoms with van der Waals surface area (Å²) in [5.41, 5.74) is 5.62. The summed E-state index contributed by atoms with van der Waals surface area (Å²) in [5, 5.41) is 3.49. The lowest BCUT2D eigenvalue weighted by atomic mass is 9.95. The van der Waals surface area contributed by atoms with E-state index in [1.807, 2.05) is 0 Å². The molecular formula is C13H22N4OS. The first-order chi connectivity index (χ1) is 8.91. The van der Waals surface area contributed by atoms with Gasteiger partial charge in [-0.05, 0) is 25.3 Å². The van der Waals surface area contributed by atoms with Gasteiger partial charge in [-0.25, -0.2) is 4.98 Å². The smallest absolute Gasteiger partial charge is 0.229 e. The molecule has 1 aliphatic rings. The fourth-order valence-corrected chi connectivity index (χ4v) is 3.20. The Morgan fingerprint density at radius 1 is 1.47 bits per heavy atom. The predicted octanol–water partition coefficient (Wildman–Crippen LogP) is 2.15. The van der Waals surface area contributed by atoms with Crippen molar-refractivity contribution in [2.24, 2.45) is 17.6 Å². The number of hydrogen-bond acceptors (Lipinski definition) is 5. The first-order valence-corrected chi connectivity index (χ1v) is 7.54. The molecule has 0 radical (unpaired) electrons. The van der Waals surface area contributed by atoms with Crippen LogP contribution in [0.15, 0.2) is 0 Å². The number of carbonyl (C=O) groups excluding carboxylic acids is 1. The summed E-state index contributed by atoms with van der Waals surface area (Å²) in [4.78, 5) is 16.6. The van der Waals surface area contributed by atoms with E-state index in [9.17, 15) is 4.79 Å². The lowest BCUT2D eigenvalue weighted by Crippen LogP contribution is -2.29. The molecule has 0 aliphatic heterocycles. The van der Waals surface area contributed by atoms with Crippen LogP contribution >= 0.6 is 11.5 Å². The number of nitrogens with zero attached hydrogens (tertiary/aromatic N) is 2. The van der Waals surface area contributed by atoms with Gasteiger partial charge in [-0.2, -0.15) is 4.37 Å². The van der Waals surface area contributed by atoms with Crippen molar-refractivity contribution in [1.29, 1.82) is 0 Å². The second-order valence-corrected chi connectivity index (χ2v) is 6.95. The third kappa shape index (κ3) is 3.30. The standard InChI is InChI=1S/C13H22N4OS/c1-13(2,3)11-16-12(19-17-11)15-10(18)9-6-4-5-8(9)7-14/h8-9H,4-7,14H2,1-3H3,(H,15,16,17,18)/t8-,9-/m1/s1. The Kier molecular flexibility index (Phi) is 4.20. The molecule has 1 aromatic rings. The zero-order chi connectivity index (χ0) is 14.0. The van der Waals surface area contributed by atoms with Crippen molar-refractivity contribution >= 4 is 22.6 Å². The van der Waals surface area contributed by atoms with Gasteiger partial charge < -0.3 is 11.1 Å². The third-order valence-corrected chi connectivity index (χ3v) is 4.26. The van der Waals surface area contributed by atoms with Gasteiger partial charge in [0.25, 0.3) is 0 Å². The Bertz CT molecular complexity index is 452. The summed E-state index contributed by atoms with van der Waals surface area (Å²) in [5.74, 6) is 1.17. The molecule has 0 spiro atoms. The van der Waals surface area contributed by atoms with E-state index in [0.717, 1.165) is 25.1 Å². The molecule has 106 valence electrons. The number of rotatable bonds is 3. The number of anilines is 1. The first kappa shape index (κ1) is 14.4. The minimum Gasteiger partial charge on any atom is -0.330 e. The Labute approximate surface area is 118 Å². The van der Waals surface area contributed by atoms with Crippen molar-refractivity contribution in [2.45, 2.75) is 45.4 Å². The summed E-state index contributed by atoms with van der Waals surface area (Å²) < 4.78 is 4.30. The van der Waals surface area contributed by atoms with Crippen LogP contribution in [0.4, 0.5) is 5.13 Å². The largest absolute Gasteiger partial charge is 0.330 e. The van der Waals surface area contributed by atoms with Crippen LogP contribution in [-0.4, -0.2) is 21.8 Å². The van der Waals surface area contributed by atoms with E-state index in [1.54, 1.807) is 0 Å². The highest BCUT2D eigenvalue weighted by Gasteiger charge is 2.32. The van der Waals surface area contributed by atoms with Crippen molar-refractivity contribution in [2.75, 3.05) is 11.9 Å². The lowest BCUT2D eigenvalue weighted by Gasteiger charge is -2.16. The van der Waals surface area contributed by atoms with Crippen molar-refractivity contribution in [1.82, 2.24) is 9.36 Å². The molecule has 2 rings (SSSR count). The third-order valence-electron chi connectivity index (χ3n) is 3.63. The molecule has 3 N–H and O–H groups in total. The number of carbonyl (C=O) groups is 1. The van der Waals surface area contributed by atoms with E-state index in [4.69, 9.17) is 5.73 Å². The fraction of sp³-hybridized carbons (Fsp3) is 0.769. The SMILES string of the molecule is CC(C)(C)c1nsc(NC(=O)[C@@H]2CCC[C@@H]2CN)n1. The highest BCUT2D eigenvalue weighted by Crippen LogP contribution is 2.32.